The first kappa shape index (κ1) is 12.7. The summed E-state index contributed by atoms with van der Waals surface area (Å²) in [7, 11) is 4.27. The van der Waals surface area contributed by atoms with Crippen LogP contribution >= 0.6 is 0 Å². The van der Waals surface area contributed by atoms with E-state index in [0.717, 1.165) is 31.7 Å². The summed E-state index contributed by atoms with van der Waals surface area (Å²) in [5.41, 5.74) is 0.362. The molecule has 0 aromatic rings. The number of carbonyl (C=O) groups is 1. The molecule has 1 fully saturated rings. The number of hydrogen-bond acceptors (Lipinski definition) is 1. The maximum absolute atomic E-state index is 11.8. The van der Waals surface area contributed by atoms with E-state index >= 15 is 0 Å². The van der Waals surface area contributed by atoms with Crippen molar-refractivity contribution in [3.05, 3.63) is 0 Å². The van der Waals surface area contributed by atoms with Gasteiger partial charge in [0, 0.05) is 6.42 Å². The molecule has 0 amide bonds. The summed E-state index contributed by atoms with van der Waals surface area (Å²) in [5, 5.41) is 0. The van der Waals surface area contributed by atoms with Crippen LogP contribution in [0.3, 0.4) is 0 Å². The zero-order valence-corrected chi connectivity index (χ0v) is 10.9. The molecule has 2 heteroatoms. The van der Waals surface area contributed by atoms with Gasteiger partial charge in [-0.05, 0) is 24.2 Å². The summed E-state index contributed by atoms with van der Waals surface area (Å²) in [6.07, 6.45) is 3.01. The smallest absolute Gasteiger partial charge is 0.141 e. The van der Waals surface area contributed by atoms with Gasteiger partial charge in [-0.15, -0.1) is 0 Å². The molecule has 0 bridgehead atoms. The fraction of sp³-hybridized carbons (Fsp3) is 0.923. The standard InChI is InChI=1S/C13H25NO/c1-13(2,3)11-6-7-12(15)10(8-11)9-14(4)5/h10-11H,6-9H2,1-5H3/p+1/t10-,11+/m1/s1. The quantitative estimate of drug-likeness (QED) is 0.729. The highest BCUT2D eigenvalue weighted by Crippen LogP contribution is 2.38. The fourth-order valence-electron chi connectivity index (χ4n) is 2.59. The van der Waals surface area contributed by atoms with E-state index in [4.69, 9.17) is 0 Å². The largest absolute Gasteiger partial charge is 0.339 e. The molecule has 0 heterocycles. The Kier molecular flexibility index (Phi) is 3.93. The highest BCUT2D eigenvalue weighted by atomic mass is 16.1. The summed E-state index contributed by atoms with van der Waals surface area (Å²) < 4.78 is 0. The van der Waals surface area contributed by atoms with Crippen LogP contribution in [-0.4, -0.2) is 26.4 Å². The van der Waals surface area contributed by atoms with Crippen molar-refractivity contribution in [1.29, 1.82) is 0 Å². The zero-order valence-electron chi connectivity index (χ0n) is 10.9. The monoisotopic (exact) mass is 212 g/mol. The fourth-order valence-corrected chi connectivity index (χ4v) is 2.59. The van der Waals surface area contributed by atoms with Crippen molar-refractivity contribution in [2.75, 3.05) is 20.6 Å². The molecule has 15 heavy (non-hydrogen) atoms. The molecule has 2 atom stereocenters. The van der Waals surface area contributed by atoms with E-state index in [2.05, 4.69) is 34.9 Å². The Labute approximate surface area is 94.0 Å². The van der Waals surface area contributed by atoms with Crippen molar-refractivity contribution in [2.45, 2.75) is 40.0 Å². The Hall–Kier alpha value is -0.370. The third-order valence-electron chi connectivity index (χ3n) is 3.64. The van der Waals surface area contributed by atoms with Crippen molar-refractivity contribution in [3.63, 3.8) is 0 Å². The Balaban J connectivity index is 2.60. The van der Waals surface area contributed by atoms with Crippen molar-refractivity contribution >= 4 is 5.78 Å². The predicted molar refractivity (Wildman–Crippen MR) is 63.0 cm³/mol. The number of rotatable bonds is 2. The minimum atomic E-state index is 0.313. The van der Waals surface area contributed by atoms with E-state index < -0.39 is 0 Å². The van der Waals surface area contributed by atoms with Gasteiger partial charge in [0.1, 0.15) is 5.78 Å². The number of quaternary nitrogens is 1. The lowest BCUT2D eigenvalue weighted by molar-refractivity contribution is -0.861. The molecule has 0 aromatic carbocycles. The highest BCUT2D eigenvalue weighted by molar-refractivity contribution is 5.81. The zero-order chi connectivity index (χ0) is 11.6. The van der Waals surface area contributed by atoms with E-state index in [1.807, 2.05) is 0 Å². The van der Waals surface area contributed by atoms with Crippen molar-refractivity contribution in [1.82, 2.24) is 0 Å². The average molecular weight is 212 g/mol. The second-order valence-corrected chi connectivity index (χ2v) is 6.41. The molecule has 0 spiro atoms. The Morgan fingerprint density at radius 2 is 1.93 bits per heavy atom. The summed E-state index contributed by atoms with van der Waals surface area (Å²) in [6, 6.07) is 0. The van der Waals surface area contributed by atoms with Gasteiger partial charge in [-0.3, -0.25) is 4.79 Å². The van der Waals surface area contributed by atoms with Crippen LogP contribution in [0.15, 0.2) is 0 Å². The Bertz CT molecular complexity index is 227. The summed E-state index contributed by atoms with van der Waals surface area (Å²) >= 11 is 0. The second-order valence-electron chi connectivity index (χ2n) is 6.41. The molecule has 0 radical (unpaired) electrons. The molecule has 0 unspecified atom stereocenters. The molecule has 1 N–H and O–H groups in total. The van der Waals surface area contributed by atoms with Crippen molar-refractivity contribution in [3.8, 4) is 0 Å². The van der Waals surface area contributed by atoms with Crippen LogP contribution in [0.1, 0.15) is 40.0 Å². The van der Waals surface area contributed by atoms with Crippen molar-refractivity contribution in [2.24, 2.45) is 17.3 Å². The van der Waals surface area contributed by atoms with Gasteiger partial charge in [0.2, 0.25) is 0 Å². The number of ketones is 1. The van der Waals surface area contributed by atoms with E-state index in [-0.39, 0.29) is 0 Å². The number of nitrogens with one attached hydrogen (secondary N) is 1. The van der Waals surface area contributed by atoms with Gasteiger partial charge >= 0.3 is 0 Å². The lowest BCUT2D eigenvalue weighted by Gasteiger charge is -2.36. The van der Waals surface area contributed by atoms with Gasteiger partial charge in [-0.25, -0.2) is 0 Å². The first-order chi connectivity index (χ1) is 6.80. The van der Waals surface area contributed by atoms with Gasteiger partial charge in [0.05, 0.1) is 26.6 Å². The lowest BCUT2D eigenvalue weighted by Crippen LogP contribution is -3.06. The molecule has 1 aliphatic carbocycles. The minimum Gasteiger partial charge on any atom is -0.339 e. The first-order valence-electron chi connectivity index (χ1n) is 6.12. The highest BCUT2D eigenvalue weighted by Gasteiger charge is 2.35. The van der Waals surface area contributed by atoms with E-state index in [0.29, 0.717) is 17.1 Å². The third-order valence-corrected chi connectivity index (χ3v) is 3.64. The Morgan fingerprint density at radius 1 is 1.33 bits per heavy atom. The lowest BCUT2D eigenvalue weighted by atomic mass is 9.68. The van der Waals surface area contributed by atoms with Crippen LogP contribution in [0.4, 0.5) is 0 Å². The van der Waals surface area contributed by atoms with Crippen LogP contribution in [0.5, 0.6) is 0 Å². The molecular formula is C13H26NO+. The molecule has 1 saturated carbocycles. The molecule has 0 saturated heterocycles. The summed E-state index contributed by atoms with van der Waals surface area (Å²) in [4.78, 5) is 13.2. The predicted octanol–water partition coefficient (Wildman–Crippen LogP) is 1.16. The maximum Gasteiger partial charge on any atom is 0.141 e. The van der Waals surface area contributed by atoms with Gasteiger partial charge in [-0.1, -0.05) is 20.8 Å². The summed E-state index contributed by atoms with van der Waals surface area (Å²) in [6.45, 7) is 7.90. The molecule has 1 aliphatic rings. The van der Waals surface area contributed by atoms with Crippen LogP contribution in [0, 0.1) is 17.3 Å². The van der Waals surface area contributed by atoms with Gasteiger partial charge < -0.3 is 4.90 Å². The minimum absolute atomic E-state index is 0.313. The maximum atomic E-state index is 11.8. The first-order valence-corrected chi connectivity index (χ1v) is 6.12. The second kappa shape index (κ2) is 4.65. The van der Waals surface area contributed by atoms with Gasteiger partial charge in [-0.2, -0.15) is 0 Å². The van der Waals surface area contributed by atoms with Crippen LogP contribution in [0.2, 0.25) is 0 Å². The molecular weight excluding hydrogens is 186 g/mol. The molecule has 1 rings (SSSR count). The van der Waals surface area contributed by atoms with Gasteiger partial charge in [0.25, 0.3) is 0 Å². The topological polar surface area (TPSA) is 21.5 Å². The molecule has 88 valence electrons. The summed E-state index contributed by atoms with van der Waals surface area (Å²) in [5.74, 6) is 1.53. The van der Waals surface area contributed by atoms with Crippen LogP contribution < -0.4 is 4.90 Å². The third kappa shape index (κ3) is 3.60. The van der Waals surface area contributed by atoms with Crippen LogP contribution in [-0.2, 0) is 4.79 Å². The van der Waals surface area contributed by atoms with E-state index in [1.165, 1.54) is 4.90 Å². The molecule has 2 nitrogen and oxygen atoms in total. The number of Topliss-reactive ketones (excluding diaryl/α,β-unsaturated/α-hetero) is 1. The number of carbonyl (C=O) groups excluding carboxylic acids is 1. The van der Waals surface area contributed by atoms with Crippen LogP contribution in [0.25, 0.3) is 0 Å². The number of hydrogen-bond donors (Lipinski definition) is 1. The Morgan fingerprint density at radius 3 is 2.40 bits per heavy atom. The molecule has 0 aliphatic heterocycles. The van der Waals surface area contributed by atoms with E-state index in [1.54, 1.807) is 0 Å². The SMILES string of the molecule is C[NH+](C)C[C@H]1C[C@@H](C(C)(C)C)CCC1=O. The normalized spacial score (nSPS) is 28.5. The van der Waals surface area contributed by atoms with Gasteiger partial charge in [0.15, 0.2) is 0 Å². The van der Waals surface area contributed by atoms with Crippen molar-refractivity contribution < 1.29 is 9.69 Å². The molecule has 0 aromatic heterocycles. The van der Waals surface area contributed by atoms with E-state index in [9.17, 15) is 4.79 Å². The average Bonchev–Trinajstić information content (AvgIpc) is 2.06.